The molecule has 0 spiro atoms. The highest BCUT2D eigenvalue weighted by molar-refractivity contribution is 5.92. The van der Waals surface area contributed by atoms with Crippen LogP contribution in [0.2, 0.25) is 0 Å². The van der Waals surface area contributed by atoms with E-state index in [1.807, 2.05) is 61.5 Å². The molecule has 0 saturated carbocycles. The molecule has 4 nitrogen and oxygen atoms in total. The van der Waals surface area contributed by atoms with Crippen molar-refractivity contribution in [2.45, 2.75) is 39.3 Å². The lowest BCUT2D eigenvalue weighted by Crippen LogP contribution is -2.27. The normalized spacial score (nSPS) is 11.8. The van der Waals surface area contributed by atoms with Gasteiger partial charge in [0.25, 0.3) is 5.91 Å². The molecule has 4 rings (SSSR count). The molecule has 0 aliphatic heterocycles. The fraction of sp³-hybridized carbons (Fsp3) is 0.233. The molecule has 0 bridgehead atoms. The van der Waals surface area contributed by atoms with Gasteiger partial charge in [-0.2, -0.15) is 0 Å². The van der Waals surface area contributed by atoms with E-state index in [9.17, 15) is 4.79 Å². The van der Waals surface area contributed by atoms with E-state index >= 15 is 0 Å². The van der Waals surface area contributed by atoms with Crippen LogP contribution >= 0.6 is 0 Å². The predicted molar refractivity (Wildman–Crippen MR) is 140 cm³/mol. The average molecular weight is 453 g/mol. The minimum absolute atomic E-state index is 0.0389. The number of carbonyl (C=O) groups excluding carboxylic acids is 1. The highest BCUT2D eigenvalue weighted by Crippen LogP contribution is 2.28. The number of anilines is 1. The lowest BCUT2D eigenvalue weighted by atomic mass is 10.0. The van der Waals surface area contributed by atoms with E-state index in [0.29, 0.717) is 12.6 Å². The van der Waals surface area contributed by atoms with Gasteiger partial charge in [0.2, 0.25) is 0 Å². The van der Waals surface area contributed by atoms with Crippen molar-refractivity contribution in [2.24, 2.45) is 0 Å². The zero-order chi connectivity index (χ0) is 23.8. The molecule has 0 aliphatic carbocycles. The van der Waals surface area contributed by atoms with E-state index in [1.165, 1.54) is 5.56 Å². The summed E-state index contributed by atoms with van der Waals surface area (Å²) in [6, 6.07) is 31.0. The molecule has 34 heavy (non-hydrogen) atoms. The Morgan fingerprint density at radius 3 is 2.41 bits per heavy atom. The van der Waals surface area contributed by atoms with Crippen LogP contribution in [-0.4, -0.2) is 18.6 Å². The molecule has 4 heteroatoms. The van der Waals surface area contributed by atoms with Gasteiger partial charge >= 0.3 is 0 Å². The van der Waals surface area contributed by atoms with E-state index in [1.54, 1.807) is 0 Å². The Morgan fingerprint density at radius 2 is 1.62 bits per heavy atom. The number of amides is 1. The zero-order valence-electron chi connectivity index (χ0n) is 19.9. The largest absolute Gasteiger partial charge is 0.483 e. The summed E-state index contributed by atoms with van der Waals surface area (Å²) < 4.78 is 6.01. The maximum Gasteiger partial charge on any atom is 0.262 e. The van der Waals surface area contributed by atoms with E-state index in [-0.39, 0.29) is 12.5 Å². The summed E-state index contributed by atoms with van der Waals surface area (Å²) in [7, 11) is 0. The number of aryl methyl sites for hydroxylation is 2. The molecule has 4 aromatic rings. The minimum Gasteiger partial charge on any atom is -0.483 e. The highest BCUT2D eigenvalue weighted by Gasteiger charge is 2.12. The van der Waals surface area contributed by atoms with Crippen molar-refractivity contribution < 1.29 is 9.53 Å². The maximum absolute atomic E-state index is 12.5. The molecule has 1 unspecified atom stereocenters. The van der Waals surface area contributed by atoms with Crippen molar-refractivity contribution in [3.8, 4) is 5.75 Å². The van der Waals surface area contributed by atoms with Gasteiger partial charge in [-0.05, 0) is 61.2 Å². The molecule has 1 atom stereocenters. The third kappa shape index (κ3) is 6.46. The van der Waals surface area contributed by atoms with E-state index in [2.05, 4.69) is 54.0 Å². The first kappa shape index (κ1) is 23.5. The van der Waals surface area contributed by atoms with Gasteiger partial charge in [-0.3, -0.25) is 4.79 Å². The van der Waals surface area contributed by atoms with Gasteiger partial charge in [0, 0.05) is 23.8 Å². The second-order valence-corrected chi connectivity index (χ2v) is 8.77. The van der Waals surface area contributed by atoms with Crippen molar-refractivity contribution in [3.05, 3.63) is 108 Å². The molecule has 174 valence electrons. The first-order chi connectivity index (χ1) is 16.6. The molecule has 0 heterocycles. The Labute approximate surface area is 202 Å². The Morgan fingerprint density at radius 1 is 0.882 bits per heavy atom. The first-order valence-corrected chi connectivity index (χ1v) is 11.9. The number of rotatable bonds is 10. The Bertz CT molecular complexity index is 1220. The molecule has 1 amide bonds. The monoisotopic (exact) mass is 452 g/mol. The highest BCUT2D eigenvalue weighted by atomic mass is 16.5. The van der Waals surface area contributed by atoms with Crippen LogP contribution in [0.4, 0.5) is 5.69 Å². The second-order valence-electron chi connectivity index (χ2n) is 8.77. The SMILES string of the molecule is Cc1ccc(NC(=O)COc2ccc3ccccc3c2CNC(C)CCc2ccccc2)cc1. The summed E-state index contributed by atoms with van der Waals surface area (Å²) in [4.78, 5) is 12.5. The number of carbonyl (C=O) groups is 1. The number of fused-ring (bicyclic) bond motifs is 1. The van der Waals surface area contributed by atoms with E-state index < -0.39 is 0 Å². The molecule has 0 saturated heterocycles. The Balaban J connectivity index is 1.41. The van der Waals surface area contributed by atoms with Crippen molar-refractivity contribution in [1.29, 1.82) is 0 Å². The molecule has 2 N–H and O–H groups in total. The summed E-state index contributed by atoms with van der Waals surface area (Å²) >= 11 is 0. The maximum atomic E-state index is 12.5. The summed E-state index contributed by atoms with van der Waals surface area (Å²) in [6.07, 6.45) is 2.08. The van der Waals surface area contributed by atoms with Crippen LogP contribution in [0.15, 0.2) is 91.0 Å². The number of ether oxygens (including phenoxy) is 1. The third-order valence-corrected chi connectivity index (χ3v) is 6.03. The fourth-order valence-electron chi connectivity index (χ4n) is 4.02. The van der Waals surface area contributed by atoms with Crippen LogP contribution in [0.3, 0.4) is 0 Å². The fourth-order valence-corrected chi connectivity index (χ4v) is 4.02. The van der Waals surface area contributed by atoms with Crippen molar-refractivity contribution in [2.75, 3.05) is 11.9 Å². The Kier molecular flexibility index (Phi) is 7.95. The van der Waals surface area contributed by atoms with Crippen molar-refractivity contribution in [3.63, 3.8) is 0 Å². The van der Waals surface area contributed by atoms with Gasteiger partial charge in [0.15, 0.2) is 6.61 Å². The van der Waals surface area contributed by atoms with Gasteiger partial charge in [0.1, 0.15) is 5.75 Å². The number of nitrogens with one attached hydrogen (secondary N) is 2. The summed E-state index contributed by atoms with van der Waals surface area (Å²) in [5, 5.41) is 8.85. The lowest BCUT2D eigenvalue weighted by Gasteiger charge is -2.18. The molecule has 0 aliphatic rings. The number of hydrogen-bond acceptors (Lipinski definition) is 3. The van der Waals surface area contributed by atoms with Crippen molar-refractivity contribution >= 4 is 22.4 Å². The van der Waals surface area contributed by atoms with Crippen molar-refractivity contribution in [1.82, 2.24) is 5.32 Å². The standard InChI is InChI=1S/C30H32N2O2/c1-22-12-17-26(18-13-22)32-30(33)21-34-29-19-16-25-10-6-7-11-27(25)28(29)20-31-23(2)14-15-24-8-4-3-5-9-24/h3-13,16-19,23,31H,14-15,20-21H2,1-2H3,(H,32,33). The van der Waals surface area contributed by atoms with Gasteiger partial charge in [0.05, 0.1) is 0 Å². The number of benzene rings is 4. The van der Waals surface area contributed by atoms with Crippen LogP contribution in [0.25, 0.3) is 10.8 Å². The van der Waals surface area contributed by atoms with Gasteiger partial charge < -0.3 is 15.4 Å². The topological polar surface area (TPSA) is 50.4 Å². The summed E-state index contributed by atoms with van der Waals surface area (Å²) in [5.41, 5.74) is 4.35. The second kappa shape index (κ2) is 11.5. The van der Waals surface area contributed by atoms with Gasteiger partial charge in [-0.1, -0.05) is 78.4 Å². The van der Waals surface area contributed by atoms with Gasteiger partial charge in [-0.25, -0.2) is 0 Å². The predicted octanol–water partition coefficient (Wildman–Crippen LogP) is 6.28. The average Bonchev–Trinajstić information content (AvgIpc) is 2.87. The minimum atomic E-state index is -0.174. The van der Waals surface area contributed by atoms with E-state index in [0.717, 1.165) is 46.2 Å². The van der Waals surface area contributed by atoms with Crippen LogP contribution in [0.5, 0.6) is 5.75 Å². The van der Waals surface area contributed by atoms with E-state index in [4.69, 9.17) is 4.74 Å². The first-order valence-electron chi connectivity index (χ1n) is 11.9. The molecule has 0 aromatic heterocycles. The zero-order valence-corrected chi connectivity index (χ0v) is 19.9. The quantitative estimate of drug-likeness (QED) is 0.298. The molecule has 0 fully saturated rings. The van der Waals surface area contributed by atoms with Gasteiger partial charge in [-0.15, -0.1) is 0 Å². The van der Waals surface area contributed by atoms with Crippen LogP contribution in [-0.2, 0) is 17.8 Å². The summed E-state index contributed by atoms with van der Waals surface area (Å²) in [5.74, 6) is 0.563. The molecular formula is C30H32N2O2. The van der Waals surface area contributed by atoms with Crippen LogP contribution < -0.4 is 15.4 Å². The molecule has 4 aromatic carbocycles. The Hall–Kier alpha value is -3.63. The third-order valence-electron chi connectivity index (χ3n) is 6.03. The van der Waals surface area contributed by atoms with Crippen LogP contribution in [0.1, 0.15) is 30.0 Å². The lowest BCUT2D eigenvalue weighted by molar-refractivity contribution is -0.118. The molecule has 0 radical (unpaired) electrons. The molecular weight excluding hydrogens is 420 g/mol. The smallest absolute Gasteiger partial charge is 0.262 e. The summed E-state index contributed by atoms with van der Waals surface area (Å²) in [6.45, 7) is 4.87. The van der Waals surface area contributed by atoms with Crippen LogP contribution in [0, 0.1) is 6.92 Å². The number of hydrogen-bond donors (Lipinski definition) is 2.